The van der Waals surface area contributed by atoms with Crippen molar-refractivity contribution in [1.82, 2.24) is 5.32 Å². The highest BCUT2D eigenvalue weighted by Crippen LogP contribution is 2.13. The molecule has 86 valence electrons. The number of benzene rings is 1. The van der Waals surface area contributed by atoms with Gasteiger partial charge in [0.1, 0.15) is 0 Å². The molecule has 0 aliphatic carbocycles. The Morgan fingerprint density at radius 1 is 1.31 bits per heavy atom. The van der Waals surface area contributed by atoms with E-state index in [1.807, 2.05) is 12.1 Å². The standard InChI is InChI=1S/C15H21N/c1-5-13(4)15(12(2)3)16-11-14-9-7-6-8-10-14/h5-10,12,16H,1,11H2,2-4H3/b15-13-. The summed E-state index contributed by atoms with van der Waals surface area (Å²) in [4.78, 5) is 0. The van der Waals surface area contributed by atoms with Gasteiger partial charge < -0.3 is 5.32 Å². The first-order chi connectivity index (χ1) is 7.65. The lowest BCUT2D eigenvalue weighted by Crippen LogP contribution is -2.18. The van der Waals surface area contributed by atoms with Gasteiger partial charge in [-0.1, -0.05) is 56.8 Å². The number of nitrogens with one attached hydrogen (secondary N) is 1. The summed E-state index contributed by atoms with van der Waals surface area (Å²) in [5.41, 5.74) is 3.81. The molecule has 0 aliphatic heterocycles. The van der Waals surface area contributed by atoms with Crippen LogP contribution in [0.5, 0.6) is 0 Å². The Hall–Kier alpha value is -1.50. The molecule has 0 bridgehead atoms. The van der Waals surface area contributed by atoms with Crippen molar-refractivity contribution in [3.05, 3.63) is 59.8 Å². The van der Waals surface area contributed by atoms with E-state index in [0.29, 0.717) is 5.92 Å². The van der Waals surface area contributed by atoms with Gasteiger partial charge in [-0.3, -0.25) is 0 Å². The van der Waals surface area contributed by atoms with Gasteiger partial charge in [-0.05, 0) is 24.0 Å². The van der Waals surface area contributed by atoms with Crippen LogP contribution in [0.25, 0.3) is 0 Å². The fourth-order valence-corrected chi connectivity index (χ4v) is 1.70. The van der Waals surface area contributed by atoms with Crippen molar-refractivity contribution < 1.29 is 0 Å². The lowest BCUT2D eigenvalue weighted by Gasteiger charge is -2.17. The number of rotatable bonds is 5. The highest BCUT2D eigenvalue weighted by molar-refractivity contribution is 5.23. The normalized spacial score (nSPS) is 12.2. The fraction of sp³-hybridized carbons (Fsp3) is 0.333. The molecule has 0 heterocycles. The molecule has 0 unspecified atom stereocenters. The van der Waals surface area contributed by atoms with E-state index in [1.165, 1.54) is 16.8 Å². The zero-order valence-corrected chi connectivity index (χ0v) is 10.5. The summed E-state index contributed by atoms with van der Waals surface area (Å²) in [5, 5.41) is 3.49. The van der Waals surface area contributed by atoms with E-state index in [2.05, 4.69) is 56.9 Å². The van der Waals surface area contributed by atoms with Crippen LogP contribution in [-0.4, -0.2) is 0 Å². The maximum absolute atomic E-state index is 3.82. The van der Waals surface area contributed by atoms with E-state index in [0.717, 1.165) is 6.54 Å². The van der Waals surface area contributed by atoms with Gasteiger partial charge in [0.15, 0.2) is 0 Å². The highest BCUT2D eigenvalue weighted by atomic mass is 14.9. The van der Waals surface area contributed by atoms with Crippen molar-refractivity contribution in [1.29, 1.82) is 0 Å². The maximum atomic E-state index is 3.82. The van der Waals surface area contributed by atoms with Gasteiger partial charge in [-0.15, -0.1) is 0 Å². The van der Waals surface area contributed by atoms with Crippen LogP contribution in [0.15, 0.2) is 54.3 Å². The molecule has 0 saturated heterocycles. The monoisotopic (exact) mass is 215 g/mol. The third kappa shape index (κ3) is 3.58. The Morgan fingerprint density at radius 2 is 1.94 bits per heavy atom. The van der Waals surface area contributed by atoms with Crippen molar-refractivity contribution in [3.8, 4) is 0 Å². The minimum absolute atomic E-state index is 0.502. The second-order valence-electron chi connectivity index (χ2n) is 4.29. The Labute approximate surface area is 98.9 Å². The minimum atomic E-state index is 0.502. The molecule has 0 atom stereocenters. The molecule has 0 fully saturated rings. The quantitative estimate of drug-likeness (QED) is 0.735. The predicted octanol–water partition coefficient (Wildman–Crippen LogP) is 3.89. The van der Waals surface area contributed by atoms with Crippen molar-refractivity contribution in [2.75, 3.05) is 0 Å². The van der Waals surface area contributed by atoms with E-state index >= 15 is 0 Å². The van der Waals surface area contributed by atoms with Gasteiger partial charge in [0, 0.05) is 12.2 Å². The summed E-state index contributed by atoms with van der Waals surface area (Å²) in [7, 11) is 0. The minimum Gasteiger partial charge on any atom is -0.384 e. The summed E-state index contributed by atoms with van der Waals surface area (Å²) in [6, 6.07) is 10.4. The van der Waals surface area contributed by atoms with Crippen molar-refractivity contribution >= 4 is 0 Å². The summed E-state index contributed by atoms with van der Waals surface area (Å²) in [6.45, 7) is 11.2. The summed E-state index contributed by atoms with van der Waals surface area (Å²) < 4.78 is 0. The number of hydrogen-bond donors (Lipinski definition) is 1. The lowest BCUT2D eigenvalue weighted by molar-refractivity contribution is 0.644. The first kappa shape index (κ1) is 12.6. The summed E-state index contributed by atoms with van der Waals surface area (Å²) in [5.74, 6) is 0.502. The average molecular weight is 215 g/mol. The lowest BCUT2D eigenvalue weighted by atomic mass is 10.0. The molecule has 1 aromatic rings. The van der Waals surface area contributed by atoms with Crippen LogP contribution in [0.4, 0.5) is 0 Å². The molecular formula is C15H21N. The second-order valence-corrected chi connectivity index (χ2v) is 4.29. The fourth-order valence-electron chi connectivity index (χ4n) is 1.70. The molecule has 0 saturated carbocycles. The third-order valence-electron chi connectivity index (χ3n) is 2.63. The van der Waals surface area contributed by atoms with Crippen molar-refractivity contribution in [2.45, 2.75) is 27.3 Å². The molecule has 1 rings (SSSR count). The molecule has 1 heteroatoms. The molecule has 0 spiro atoms. The van der Waals surface area contributed by atoms with E-state index in [4.69, 9.17) is 0 Å². The number of allylic oxidation sites excluding steroid dienone is 3. The number of hydrogen-bond acceptors (Lipinski definition) is 1. The maximum Gasteiger partial charge on any atom is 0.0397 e. The van der Waals surface area contributed by atoms with E-state index in [9.17, 15) is 0 Å². The Bertz CT molecular complexity index is 360. The van der Waals surface area contributed by atoms with Gasteiger partial charge in [0.2, 0.25) is 0 Å². The van der Waals surface area contributed by atoms with Gasteiger partial charge in [-0.25, -0.2) is 0 Å². The van der Waals surface area contributed by atoms with Crippen LogP contribution in [0.2, 0.25) is 0 Å². The van der Waals surface area contributed by atoms with Crippen LogP contribution >= 0.6 is 0 Å². The topological polar surface area (TPSA) is 12.0 Å². The van der Waals surface area contributed by atoms with Gasteiger partial charge in [0.25, 0.3) is 0 Å². The molecule has 0 aliphatic rings. The second kappa shape index (κ2) is 6.16. The molecule has 1 aromatic carbocycles. The summed E-state index contributed by atoms with van der Waals surface area (Å²) >= 11 is 0. The van der Waals surface area contributed by atoms with E-state index < -0.39 is 0 Å². The molecule has 0 radical (unpaired) electrons. The highest BCUT2D eigenvalue weighted by Gasteiger charge is 2.05. The van der Waals surface area contributed by atoms with E-state index in [-0.39, 0.29) is 0 Å². The molecule has 1 nitrogen and oxygen atoms in total. The average Bonchev–Trinajstić information content (AvgIpc) is 2.30. The Balaban J connectivity index is 2.69. The van der Waals surface area contributed by atoms with Crippen molar-refractivity contribution in [2.24, 2.45) is 5.92 Å². The first-order valence-corrected chi connectivity index (χ1v) is 5.76. The SMILES string of the molecule is C=C/C(C)=C(\NCc1ccccc1)C(C)C. The van der Waals surface area contributed by atoms with Crippen LogP contribution < -0.4 is 5.32 Å². The predicted molar refractivity (Wildman–Crippen MR) is 71.0 cm³/mol. The zero-order valence-electron chi connectivity index (χ0n) is 10.5. The largest absolute Gasteiger partial charge is 0.384 e. The first-order valence-electron chi connectivity index (χ1n) is 5.76. The molecule has 0 amide bonds. The van der Waals surface area contributed by atoms with Crippen LogP contribution in [-0.2, 0) is 6.54 Å². The van der Waals surface area contributed by atoms with E-state index in [1.54, 1.807) is 0 Å². The zero-order chi connectivity index (χ0) is 12.0. The molecule has 16 heavy (non-hydrogen) atoms. The van der Waals surface area contributed by atoms with Crippen LogP contribution in [0, 0.1) is 5.92 Å². The Morgan fingerprint density at radius 3 is 2.44 bits per heavy atom. The van der Waals surface area contributed by atoms with Crippen LogP contribution in [0.3, 0.4) is 0 Å². The molecule has 1 N–H and O–H groups in total. The van der Waals surface area contributed by atoms with Crippen molar-refractivity contribution in [3.63, 3.8) is 0 Å². The molecule has 0 aromatic heterocycles. The third-order valence-corrected chi connectivity index (χ3v) is 2.63. The smallest absolute Gasteiger partial charge is 0.0397 e. The van der Waals surface area contributed by atoms with Gasteiger partial charge in [-0.2, -0.15) is 0 Å². The summed E-state index contributed by atoms with van der Waals surface area (Å²) in [6.07, 6.45) is 1.91. The van der Waals surface area contributed by atoms with Gasteiger partial charge in [0.05, 0.1) is 0 Å². The molecular weight excluding hydrogens is 194 g/mol. The Kier molecular flexibility index (Phi) is 4.84. The van der Waals surface area contributed by atoms with Crippen LogP contribution in [0.1, 0.15) is 26.3 Å². The van der Waals surface area contributed by atoms with Gasteiger partial charge >= 0.3 is 0 Å².